The second-order valence-corrected chi connectivity index (χ2v) is 7.16. The molecule has 1 aliphatic carbocycles. The Morgan fingerprint density at radius 2 is 2.05 bits per heavy atom. The van der Waals surface area contributed by atoms with Gasteiger partial charge in [0, 0.05) is 15.3 Å². The van der Waals surface area contributed by atoms with Crippen LogP contribution in [0.4, 0.5) is 0 Å². The standard InChI is InChI=1S/C15H10N2OS3/c18-9-15(12-4-2-8-20-12)6-5-10(11-3-1-7-19-11)13-14(15)17-21-16-13/h1-9,16H. The van der Waals surface area contributed by atoms with E-state index < -0.39 is 5.41 Å². The van der Waals surface area contributed by atoms with E-state index >= 15 is 0 Å². The molecule has 2 aromatic heterocycles. The number of nitrogens with one attached hydrogen (secondary N) is 1. The Morgan fingerprint density at radius 3 is 2.76 bits per heavy atom. The number of hydrogen-bond donors (Lipinski definition) is 1. The maximum Gasteiger partial charge on any atom is 0.141 e. The third kappa shape index (κ3) is 1.87. The second-order valence-electron chi connectivity index (χ2n) is 4.70. The van der Waals surface area contributed by atoms with Crippen molar-refractivity contribution in [3.05, 3.63) is 62.6 Å². The van der Waals surface area contributed by atoms with E-state index in [0.29, 0.717) is 0 Å². The number of fused-ring (bicyclic) bond motifs is 1. The van der Waals surface area contributed by atoms with Gasteiger partial charge >= 0.3 is 0 Å². The number of thiophene rings is 2. The lowest BCUT2D eigenvalue weighted by Crippen LogP contribution is -2.38. The summed E-state index contributed by atoms with van der Waals surface area (Å²) in [5.74, 6) is 0. The van der Waals surface area contributed by atoms with Gasteiger partial charge < -0.3 is 9.52 Å². The highest BCUT2D eigenvalue weighted by Crippen LogP contribution is 2.42. The van der Waals surface area contributed by atoms with Crippen molar-refractivity contribution in [2.45, 2.75) is 5.41 Å². The minimum atomic E-state index is -0.763. The summed E-state index contributed by atoms with van der Waals surface area (Å²) in [7, 11) is 0. The van der Waals surface area contributed by atoms with Crippen molar-refractivity contribution in [1.29, 1.82) is 0 Å². The predicted molar refractivity (Wildman–Crippen MR) is 90.6 cm³/mol. The van der Waals surface area contributed by atoms with Gasteiger partial charge in [0.2, 0.25) is 0 Å². The van der Waals surface area contributed by atoms with Crippen LogP contribution >= 0.6 is 34.8 Å². The van der Waals surface area contributed by atoms with Crippen molar-refractivity contribution in [2.75, 3.05) is 0 Å². The number of hydrogen-bond acceptors (Lipinski definition) is 6. The zero-order valence-corrected chi connectivity index (χ0v) is 13.2. The maximum atomic E-state index is 11.9. The molecule has 3 heterocycles. The minimum absolute atomic E-state index is 0.763. The molecule has 1 aliphatic heterocycles. The zero-order valence-electron chi connectivity index (χ0n) is 10.8. The van der Waals surface area contributed by atoms with Gasteiger partial charge in [-0.1, -0.05) is 24.3 Å². The molecule has 4 rings (SSSR count). The molecule has 0 saturated heterocycles. The molecular formula is C15H10N2OS3. The van der Waals surface area contributed by atoms with Crippen molar-refractivity contribution in [2.24, 2.45) is 4.40 Å². The lowest BCUT2D eigenvalue weighted by atomic mass is 9.76. The van der Waals surface area contributed by atoms with Crippen LogP contribution in [0.5, 0.6) is 0 Å². The van der Waals surface area contributed by atoms with Gasteiger partial charge in [-0.05, 0) is 22.9 Å². The fourth-order valence-corrected chi connectivity index (χ4v) is 4.86. The van der Waals surface area contributed by atoms with Crippen LogP contribution < -0.4 is 4.72 Å². The highest BCUT2D eigenvalue weighted by atomic mass is 32.2. The van der Waals surface area contributed by atoms with Crippen molar-refractivity contribution in [3.8, 4) is 0 Å². The molecule has 2 aliphatic rings. The molecular weight excluding hydrogens is 320 g/mol. The third-order valence-corrected chi connectivity index (χ3v) is 6.09. The molecule has 0 spiro atoms. The molecule has 1 N–H and O–H groups in total. The molecule has 1 atom stereocenters. The fourth-order valence-electron chi connectivity index (χ4n) is 2.55. The van der Waals surface area contributed by atoms with E-state index in [9.17, 15) is 4.79 Å². The van der Waals surface area contributed by atoms with Crippen LogP contribution in [0.3, 0.4) is 0 Å². The molecule has 21 heavy (non-hydrogen) atoms. The first-order valence-corrected chi connectivity index (χ1v) is 8.87. The van der Waals surface area contributed by atoms with E-state index in [1.165, 1.54) is 17.0 Å². The maximum absolute atomic E-state index is 11.9. The van der Waals surface area contributed by atoms with Gasteiger partial charge in [0.25, 0.3) is 0 Å². The van der Waals surface area contributed by atoms with Crippen LogP contribution in [0.2, 0.25) is 0 Å². The van der Waals surface area contributed by atoms with Crippen LogP contribution in [0.25, 0.3) is 5.57 Å². The summed E-state index contributed by atoms with van der Waals surface area (Å²) in [5, 5.41) is 4.04. The molecule has 0 aromatic carbocycles. The molecule has 2 aromatic rings. The second kappa shape index (κ2) is 4.98. The lowest BCUT2D eigenvalue weighted by molar-refractivity contribution is -0.109. The van der Waals surface area contributed by atoms with Crippen molar-refractivity contribution >= 4 is 52.4 Å². The summed E-state index contributed by atoms with van der Waals surface area (Å²) in [6, 6.07) is 8.07. The first-order valence-electron chi connectivity index (χ1n) is 6.34. The molecule has 3 nitrogen and oxygen atoms in total. The molecule has 6 heteroatoms. The van der Waals surface area contributed by atoms with Crippen LogP contribution in [-0.4, -0.2) is 12.0 Å². The summed E-state index contributed by atoms with van der Waals surface area (Å²) in [5.41, 5.74) is 2.09. The van der Waals surface area contributed by atoms with Gasteiger partial charge in [0.1, 0.15) is 11.7 Å². The molecule has 1 unspecified atom stereocenters. The van der Waals surface area contributed by atoms with E-state index in [1.54, 1.807) is 22.7 Å². The van der Waals surface area contributed by atoms with Crippen LogP contribution in [-0.2, 0) is 10.2 Å². The number of allylic oxidation sites excluding steroid dienone is 4. The normalized spacial score (nSPS) is 23.7. The first kappa shape index (κ1) is 13.1. The molecule has 104 valence electrons. The Balaban J connectivity index is 1.90. The average Bonchev–Trinajstić information content (AvgIpc) is 3.26. The van der Waals surface area contributed by atoms with Gasteiger partial charge in [0.05, 0.1) is 23.5 Å². The van der Waals surface area contributed by atoms with Gasteiger partial charge in [0.15, 0.2) is 0 Å². The van der Waals surface area contributed by atoms with Crippen LogP contribution in [0.15, 0.2) is 57.3 Å². The lowest BCUT2D eigenvalue weighted by Gasteiger charge is -2.28. The number of rotatable bonds is 3. The van der Waals surface area contributed by atoms with E-state index in [1.807, 2.05) is 35.7 Å². The number of carbonyl (C=O) groups excluding carboxylic acids is 1. The monoisotopic (exact) mass is 330 g/mol. The molecule has 0 amide bonds. The minimum Gasteiger partial charge on any atom is -0.308 e. The van der Waals surface area contributed by atoms with E-state index in [4.69, 9.17) is 0 Å². The fraction of sp³-hybridized carbons (Fsp3) is 0.0667. The van der Waals surface area contributed by atoms with Gasteiger partial charge in [-0.3, -0.25) is 0 Å². The summed E-state index contributed by atoms with van der Waals surface area (Å²) >= 11 is 4.55. The number of nitrogens with zero attached hydrogens (tertiary/aromatic N) is 1. The Hall–Kier alpha value is -1.63. The van der Waals surface area contributed by atoms with Gasteiger partial charge in [-0.15, -0.1) is 22.7 Å². The largest absolute Gasteiger partial charge is 0.308 e. The smallest absolute Gasteiger partial charge is 0.141 e. The average molecular weight is 330 g/mol. The molecule has 0 fully saturated rings. The number of aldehydes is 1. The summed E-state index contributed by atoms with van der Waals surface area (Å²) in [6.45, 7) is 0. The summed E-state index contributed by atoms with van der Waals surface area (Å²) in [6.07, 6.45) is 5.00. The Kier molecular flexibility index (Phi) is 3.10. The Morgan fingerprint density at radius 1 is 1.19 bits per heavy atom. The summed E-state index contributed by atoms with van der Waals surface area (Å²) < 4.78 is 7.73. The third-order valence-electron chi connectivity index (χ3n) is 3.60. The van der Waals surface area contributed by atoms with Crippen LogP contribution in [0.1, 0.15) is 9.75 Å². The highest BCUT2D eigenvalue weighted by molar-refractivity contribution is 7.96. The Labute approximate surface area is 134 Å². The topological polar surface area (TPSA) is 41.5 Å². The number of carbonyl (C=O) groups is 1. The van der Waals surface area contributed by atoms with Crippen molar-refractivity contribution in [1.82, 2.24) is 4.72 Å². The van der Waals surface area contributed by atoms with E-state index in [-0.39, 0.29) is 0 Å². The van der Waals surface area contributed by atoms with Crippen molar-refractivity contribution in [3.63, 3.8) is 0 Å². The Bertz CT molecular complexity index is 772. The highest BCUT2D eigenvalue weighted by Gasteiger charge is 2.43. The van der Waals surface area contributed by atoms with E-state index in [0.717, 1.165) is 28.1 Å². The van der Waals surface area contributed by atoms with Crippen LogP contribution in [0, 0.1) is 0 Å². The van der Waals surface area contributed by atoms with E-state index in [2.05, 4.69) is 20.6 Å². The van der Waals surface area contributed by atoms with Crippen molar-refractivity contribution < 1.29 is 4.79 Å². The first-order chi connectivity index (χ1) is 10.3. The molecule has 0 bridgehead atoms. The SMILES string of the molecule is O=CC1(c2cccs2)C=CC(c2cccs2)=C2NSN=C21. The predicted octanol–water partition coefficient (Wildman–Crippen LogP) is 3.83. The molecule has 0 radical (unpaired) electrons. The quantitative estimate of drug-likeness (QED) is 0.687. The zero-order chi connectivity index (χ0) is 14.3. The van der Waals surface area contributed by atoms with Gasteiger partial charge in [-0.25, -0.2) is 0 Å². The molecule has 0 saturated carbocycles. The summed E-state index contributed by atoms with van der Waals surface area (Å²) in [4.78, 5) is 14.1. The van der Waals surface area contributed by atoms with Gasteiger partial charge in [-0.2, -0.15) is 4.40 Å².